The molecule has 4 nitrogen and oxygen atoms in total. The van der Waals surface area contributed by atoms with Crippen molar-refractivity contribution in [3.63, 3.8) is 0 Å². The predicted molar refractivity (Wildman–Crippen MR) is 111 cm³/mol. The molecule has 1 atom stereocenters. The van der Waals surface area contributed by atoms with Crippen LogP contribution in [0, 0.1) is 24.3 Å². The van der Waals surface area contributed by atoms with Crippen LogP contribution in [-0.4, -0.2) is 17.1 Å². The maximum atomic E-state index is 5.42. The summed E-state index contributed by atoms with van der Waals surface area (Å²) in [5.41, 5.74) is 4.79. The van der Waals surface area contributed by atoms with Gasteiger partial charge in [0.25, 0.3) is 0 Å². The van der Waals surface area contributed by atoms with E-state index >= 15 is 0 Å². The normalized spacial score (nSPS) is 12.2. The van der Waals surface area contributed by atoms with Crippen LogP contribution in [0.3, 0.4) is 0 Å². The van der Waals surface area contributed by atoms with Crippen molar-refractivity contribution in [2.75, 3.05) is 12.4 Å². The van der Waals surface area contributed by atoms with Gasteiger partial charge in [-0.25, -0.2) is 9.97 Å². The second-order valence-electron chi connectivity index (χ2n) is 6.28. The number of benzene rings is 2. The minimum absolute atomic E-state index is 0.150. The van der Waals surface area contributed by atoms with Crippen molar-refractivity contribution >= 4 is 39.3 Å². The maximum Gasteiger partial charge on any atom is 0.138 e. The average Bonchev–Trinajstić information content (AvgIpc) is 2.57. The van der Waals surface area contributed by atoms with Crippen LogP contribution in [0.4, 0.5) is 5.82 Å². The van der Waals surface area contributed by atoms with Crippen molar-refractivity contribution in [2.45, 2.75) is 33.7 Å². The van der Waals surface area contributed by atoms with Crippen molar-refractivity contribution in [3.8, 4) is 5.75 Å². The van der Waals surface area contributed by atoms with Gasteiger partial charge in [-0.1, -0.05) is 18.2 Å². The molecule has 2 aromatic carbocycles. The molecule has 0 spiro atoms. The molecule has 1 aromatic heterocycles. The van der Waals surface area contributed by atoms with Gasteiger partial charge in [0.1, 0.15) is 17.4 Å². The molecular weight excluding hydrogens is 425 g/mol. The molecule has 1 heterocycles. The predicted octanol–water partition coefficient (Wildman–Crippen LogP) is 5.34. The van der Waals surface area contributed by atoms with Crippen LogP contribution in [0.2, 0.25) is 0 Å². The van der Waals surface area contributed by atoms with Gasteiger partial charge in [-0.15, -0.1) is 0 Å². The van der Waals surface area contributed by atoms with Crippen molar-refractivity contribution in [1.29, 1.82) is 0 Å². The van der Waals surface area contributed by atoms with E-state index in [1.54, 1.807) is 7.11 Å². The molecule has 1 N–H and O–H groups in total. The Morgan fingerprint density at radius 3 is 2.60 bits per heavy atom. The van der Waals surface area contributed by atoms with E-state index in [-0.39, 0.29) is 6.04 Å². The monoisotopic (exact) mass is 447 g/mol. The molecule has 0 fully saturated rings. The average molecular weight is 447 g/mol. The van der Waals surface area contributed by atoms with Gasteiger partial charge in [0, 0.05) is 11.5 Å². The molecule has 130 valence electrons. The van der Waals surface area contributed by atoms with Gasteiger partial charge in [-0.3, -0.25) is 0 Å². The molecule has 0 aliphatic carbocycles. The third-order valence-electron chi connectivity index (χ3n) is 4.55. The lowest BCUT2D eigenvalue weighted by molar-refractivity contribution is 0.412. The number of nitrogens with one attached hydrogen (secondary N) is 1. The lowest BCUT2D eigenvalue weighted by atomic mass is 9.98. The molecule has 3 rings (SSSR count). The summed E-state index contributed by atoms with van der Waals surface area (Å²) in [6, 6.07) is 10.6. The Morgan fingerprint density at radius 1 is 1.12 bits per heavy atom. The van der Waals surface area contributed by atoms with E-state index in [4.69, 9.17) is 4.74 Å². The summed E-state index contributed by atoms with van der Waals surface area (Å²) in [4.78, 5) is 9.21. The molecule has 5 heteroatoms. The zero-order valence-electron chi connectivity index (χ0n) is 15.1. The molecule has 0 unspecified atom stereocenters. The molecule has 3 aromatic rings. The SMILES string of the molecule is COc1cc2nc(C)nc(N[C@H](C)c3cccc(C)c3C)c2cc1I. The molecule has 0 radical (unpaired) electrons. The number of aromatic nitrogens is 2. The standard InChI is InChI=1S/C20H22IN3O/c1-11-7-6-8-15(12(11)2)13(3)22-20-16-9-17(21)19(25-5)10-18(16)23-14(4)24-20/h6-10,13H,1-5H3,(H,22,23,24)/t13-/m1/s1. The van der Waals surface area contributed by atoms with Crippen LogP contribution in [0.5, 0.6) is 5.75 Å². The number of hydrogen-bond acceptors (Lipinski definition) is 4. The van der Waals surface area contributed by atoms with Gasteiger partial charge >= 0.3 is 0 Å². The van der Waals surface area contributed by atoms with Gasteiger partial charge in [0.05, 0.1) is 22.2 Å². The Morgan fingerprint density at radius 2 is 1.88 bits per heavy atom. The quantitative estimate of drug-likeness (QED) is 0.549. The topological polar surface area (TPSA) is 47.0 Å². The number of anilines is 1. The van der Waals surface area contributed by atoms with E-state index in [1.807, 2.05) is 13.0 Å². The highest BCUT2D eigenvalue weighted by Gasteiger charge is 2.14. The summed E-state index contributed by atoms with van der Waals surface area (Å²) >= 11 is 2.28. The fourth-order valence-corrected chi connectivity index (χ4v) is 3.73. The number of ether oxygens (including phenoxy) is 1. The highest BCUT2D eigenvalue weighted by molar-refractivity contribution is 14.1. The number of rotatable bonds is 4. The van der Waals surface area contributed by atoms with Crippen molar-refractivity contribution in [3.05, 3.63) is 56.4 Å². The largest absolute Gasteiger partial charge is 0.496 e. The summed E-state index contributed by atoms with van der Waals surface area (Å²) in [7, 11) is 1.68. The van der Waals surface area contributed by atoms with Gasteiger partial charge in [-0.2, -0.15) is 0 Å². The Balaban J connectivity index is 2.06. The lowest BCUT2D eigenvalue weighted by Crippen LogP contribution is -2.11. The first-order valence-corrected chi connectivity index (χ1v) is 9.33. The highest BCUT2D eigenvalue weighted by atomic mass is 127. The third kappa shape index (κ3) is 3.56. The van der Waals surface area contributed by atoms with Gasteiger partial charge in [-0.05, 0) is 73.0 Å². The first-order valence-electron chi connectivity index (χ1n) is 8.25. The first kappa shape index (κ1) is 17.9. The number of aryl methyl sites for hydroxylation is 2. The maximum absolute atomic E-state index is 5.42. The molecule has 0 amide bonds. The Kier molecular flexibility index (Phi) is 5.13. The first-order chi connectivity index (χ1) is 11.9. The minimum Gasteiger partial charge on any atom is -0.496 e. The van der Waals surface area contributed by atoms with E-state index in [0.29, 0.717) is 0 Å². The fourth-order valence-electron chi connectivity index (χ4n) is 3.04. The third-order valence-corrected chi connectivity index (χ3v) is 5.39. The number of hydrogen-bond donors (Lipinski definition) is 1. The summed E-state index contributed by atoms with van der Waals surface area (Å²) in [5.74, 6) is 2.43. The Hall–Kier alpha value is -1.89. The van der Waals surface area contributed by atoms with E-state index in [9.17, 15) is 0 Å². The number of halogens is 1. The smallest absolute Gasteiger partial charge is 0.138 e. The molecule has 0 aliphatic rings. The molecule has 0 saturated carbocycles. The van der Waals surface area contributed by atoms with Crippen LogP contribution in [0.15, 0.2) is 30.3 Å². The fraction of sp³-hybridized carbons (Fsp3) is 0.300. The molecule has 0 saturated heterocycles. The highest BCUT2D eigenvalue weighted by Crippen LogP contribution is 2.32. The van der Waals surface area contributed by atoms with Gasteiger partial charge < -0.3 is 10.1 Å². The van der Waals surface area contributed by atoms with Crippen molar-refractivity contribution in [2.24, 2.45) is 0 Å². The molecule has 0 bridgehead atoms. The number of nitrogens with zero attached hydrogens (tertiary/aromatic N) is 2. The van der Waals surface area contributed by atoms with Crippen LogP contribution < -0.4 is 10.1 Å². The van der Waals surface area contributed by atoms with Crippen LogP contribution >= 0.6 is 22.6 Å². The summed E-state index contributed by atoms with van der Waals surface area (Å²) in [6.07, 6.45) is 0. The second-order valence-corrected chi connectivity index (χ2v) is 7.44. The Labute approximate surface area is 162 Å². The molecular formula is C20H22IN3O. The summed E-state index contributed by atoms with van der Waals surface area (Å²) in [5, 5.41) is 4.59. The Bertz CT molecular complexity index is 940. The van der Waals surface area contributed by atoms with Crippen LogP contribution in [-0.2, 0) is 0 Å². The van der Waals surface area contributed by atoms with E-state index in [2.05, 4.69) is 82.9 Å². The summed E-state index contributed by atoms with van der Waals surface area (Å²) < 4.78 is 6.47. The van der Waals surface area contributed by atoms with Crippen LogP contribution in [0.25, 0.3) is 10.9 Å². The van der Waals surface area contributed by atoms with E-state index in [0.717, 1.165) is 31.9 Å². The van der Waals surface area contributed by atoms with Crippen LogP contribution in [0.1, 0.15) is 35.5 Å². The second kappa shape index (κ2) is 7.15. The molecule has 0 aliphatic heterocycles. The van der Waals surface area contributed by atoms with E-state index < -0.39 is 0 Å². The van der Waals surface area contributed by atoms with Crippen molar-refractivity contribution in [1.82, 2.24) is 9.97 Å². The van der Waals surface area contributed by atoms with E-state index in [1.165, 1.54) is 16.7 Å². The summed E-state index contributed by atoms with van der Waals surface area (Å²) in [6.45, 7) is 8.39. The minimum atomic E-state index is 0.150. The number of fused-ring (bicyclic) bond motifs is 1. The lowest BCUT2D eigenvalue weighted by Gasteiger charge is -2.20. The zero-order chi connectivity index (χ0) is 18.1. The van der Waals surface area contributed by atoms with Crippen molar-refractivity contribution < 1.29 is 4.74 Å². The zero-order valence-corrected chi connectivity index (χ0v) is 17.3. The number of methoxy groups -OCH3 is 1. The molecule has 25 heavy (non-hydrogen) atoms. The van der Waals surface area contributed by atoms with Gasteiger partial charge in [0.15, 0.2) is 0 Å². The van der Waals surface area contributed by atoms with Gasteiger partial charge in [0.2, 0.25) is 0 Å².